The first-order valence-electron chi connectivity index (χ1n) is 10.4. The molecule has 0 aromatic heterocycles. The molecule has 0 saturated carbocycles. The first-order chi connectivity index (χ1) is 14.4. The number of carbonyl (C=O) groups is 2. The number of nitrogens with zero attached hydrogens (tertiary/aromatic N) is 1. The van der Waals surface area contributed by atoms with Crippen molar-refractivity contribution >= 4 is 23.4 Å². The molecule has 0 bridgehead atoms. The van der Waals surface area contributed by atoms with Crippen molar-refractivity contribution in [2.45, 2.75) is 52.1 Å². The van der Waals surface area contributed by atoms with E-state index in [1.165, 1.54) is 0 Å². The lowest BCUT2D eigenvalue weighted by atomic mass is 10.1. The summed E-state index contributed by atoms with van der Waals surface area (Å²) in [5.74, 6) is 0.507. The summed E-state index contributed by atoms with van der Waals surface area (Å²) in [7, 11) is 1.61. The van der Waals surface area contributed by atoms with Crippen LogP contribution in [-0.4, -0.2) is 36.4 Å². The third-order valence-electron chi connectivity index (χ3n) is 5.03. The van der Waals surface area contributed by atoms with Crippen LogP contribution in [0, 0.1) is 0 Å². The molecule has 162 valence electrons. The summed E-state index contributed by atoms with van der Waals surface area (Å²) in [6, 6.07) is 14.2. The molecular weight excluding hydrogens is 400 g/mol. The number of rotatable bonds is 11. The number of carbonyl (C=O) groups excluding carboxylic acids is 2. The number of methoxy groups -OCH3 is 1. The molecule has 0 aliphatic carbocycles. The van der Waals surface area contributed by atoms with Crippen LogP contribution < -0.4 is 10.1 Å². The molecule has 2 amide bonds. The molecule has 0 saturated heterocycles. The van der Waals surface area contributed by atoms with Crippen LogP contribution in [-0.2, 0) is 22.6 Å². The Labute approximate surface area is 184 Å². The van der Waals surface area contributed by atoms with E-state index < -0.39 is 6.04 Å². The monoisotopic (exact) mass is 430 g/mol. The second-order valence-corrected chi connectivity index (χ2v) is 7.78. The standard InChI is InChI=1S/C24H31ClN2O3/c1-4-5-6-15-26-24(29)18(2)27(17-20-9-13-22(30-3)14-10-20)23(28)16-19-7-11-21(25)12-8-19/h7-14,18H,4-6,15-17H2,1-3H3,(H,26,29)/t18-/m0/s1. The molecule has 6 heteroatoms. The smallest absolute Gasteiger partial charge is 0.242 e. The average molecular weight is 431 g/mol. The Morgan fingerprint density at radius 3 is 2.27 bits per heavy atom. The van der Waals surface area contributed by atoms with Crippen molar-refractivity contribution in [3.63, 3.8) is 0 Å². The highest BCUT2D eigenvalue weighted by Gasteiger charge is 2.26. The van der Waals surface area contributed by atoms with E-state index in [9.17, 15) is 9.59 Å². The van der Waals surface area contributed by atoms with Gasteiger partial charge in [-0.3, -0.25) is 9.59 Å². The minimum Gasteiger partial charge on any atom is -0.497 e. The third-order valence-corrected chi connectivity index (χ3v) is 5.28. The summed E-state index contributed by atoms with van der Waals surface area (Å²) in [5.41, 5.74) is 1.80. The second-order valence-electron chi connectivity index (χ2n) is 7.35. The van der Waals surface area contributed by atoms with Crippen molar-refractivity contribution in [1.82, 2.24) is 10.2 Å². The fourth-order valence-corrected chi connectivity index (χ4v) is 3.25. The Morgan fingerprint density at radius 2 is 1.67 bits per heavy atom. The topological polar surface area (TPSA) is 58.6 Å². The Balaban J connectivity index is 2.13. The minimum atomic E-state index is -0.575. The third kappa shape index (κ3) is 7.38. The molecule has 5 nitrogen and oxygen atoms in total. The molecule has 30 heavy (non-hydrogen) atoms. The van der Waals surface area contributed by atoms with Gasteiger partial charge in [0.05, 0.1) is 13.5 Å². The van der Waals surface area contributed by atoms with Gasteiger partial charge in [-0.1, -0.05) is 55.6 Å². The van der Waals surface area contributed by atoms with Crippen molar-refractivity contribution in [2.24, 2.45) is 0 Å². The Kier molecular flexibility index (Phi) is 9.68. The van der Waals surface area contributed by atoms with Gasteiger partial charge in [0.25, 0.3) is 0 Å². The highest BCUT2D eigenvalue weighted by molar-refractivity contribution is 6.30. The number of benzene rings is 2. The van der Waals surface area contributed by atoms with E-state index in [1.54, 1.807) is 31.1 Å². The van der Waals surface area contributed by atoms with Crippen LogP contribution in [0.25, 0.3) is 0 Å². The number of hydrogen-bond acceptors (Lipinski definition) is 3. The summed E-state index contributed by atoms with van der Waals surface area (Å²) in [6.07, 6.45) is 3.31. The lowest BCUT2D eigenvalue weighted by molar-refractivity contribution is -0.140. The van der Waals surface area contributed by atoms with E-state index in [0.717, 1.165) is 36.1 Å². The number of nitrogens with one attached hydrogen (secondary N) is 1. The summed E-state index contributed by atoms with van der Waals surface area (Å²) < 4.78 is 5.20. The maximum Gasteiger partial charge on any atom is 0.242 e. The van der Waals surface area contributed by atoms with Crippen LogP contribution in [0.3, 0.4) is 0 Å². The first-order valence-corrected chi connectivity index (χ1v) is 10.8. The van der Waals surface area contributed by atoms with Gasteiger partial charge in [-0.2, -0.15) is 0 Å². The average Bonchev–Trinajstić information content (AvgIpc) is 2.76. The molecule has 0 unspecified atom stereocenters. The lowest BCUT2D eigenvalue weighted by Crippen LogP contribution is -2.48. The van der Waals surface area contributed by atoms with Crippen molar-refractivity contribution in [2.75, 3.05) is 13.7 Å². The van der Waals surface area contributed by atoms with Crippen molar-refractivity contribution in [1.29, 1.82) is 0 Å². The van der Waals surface area contributed by atoms with Crippen LogP contribution >= 0.6 is 11.6 Å². The molecule has 0 spiro atoms. The van der Waals surface area contributed by atoms with Crippen LogP contribution in [0.15, 0.2) is 48.5 Å². The maximum absolute atomic E-state index is 13.1. The number of halogens is 1. The van der Waals surface area contributed by atoms with E-state index in [-0.39, 0.29) is 18.2 Å². The van der Waals surface area contributed by atoms with Gasteiger partial charge in [-0.05, 0) is 48.7 Å². The van der Waals surface area contributed by atoms with E-state index in [0.29, 0.717) is 18.1 Å². The van der Waals surface area contributed by atoms with E-state index in [1.807, 2.05) is 36.4 Å². The summed E-state index contributed by atoms with van der Waals surface area (Å²) in [5, 5.41) is 3.58. The van der Waals surface area contributed by atoms with Gasteiger partial charge < -0.3 is 15.0 Å². The Bertz CT molecular complexity index is 806. The van der Waals surface area contributed by atoms with E-state index in [4.69, 9.17) is 16.3 Å². The second kappa shape index (κ2) is 12.2. The number of amides is 2. The molecule has 0 radical (unpaired) electrons. The largest absolute Gasteiger partial charge is 0.497 e. The quantitative estimate of drug-likeness (QED) is 0.529. The molecule has 2 rings (SSSR count). The van der Waals surface area contributed by atoms with Gasteiger partial charge in [-0.15, -0.1) is 0 Å². The van der Waals surface area contributed by atoms with E-state index in [2.05, 4.69) is 12.2 Å². The minimum absolute atomic E-state index is 0.107. The van der Waals surface area contributed by atoms with Gasteiger partial charge >= 0.3 is 0 Å². The SMILES string of the molecule is CCCCCNC(=O)[C@H](C)N(Cc1ccc(OC)cc1)C(=O)Cc1ccc(Cl)cc1. The molecule has 0 heterocycles. The van der Waals surface area contributed by atoms with Crippen molar-refractivity contribution < 1.29 is 14.3 Å². The zero-order valence-electron chi connectivity index (χ0n) is 18.0. The number of hydrogen-bond donors (Lipinski definition) is 1. The van der Waals surface area contributed by atoms with Gasteiger partial charge in [0.15, 0.2) is 0 Å². The van der Waals surface area contributed by atoms with Crippen LogP contribution in [0.2, 0.25) is 5.02 Å². The molecule has 0 aliphatic rings. The molecule has 1 N–H and O–H groups in total. The lowest BCUT2D eigenvalue weighted by Gasteiger charge is -2.29. The Morgan fingerprint density at radius 1 is 1.03 bits per heavy atom. The predicted octanol–water partition coefficient (Wildman–Crippen LogP) is 4.61. The highest BCUT2D eigenvalue weighted by atomic mass is 35.5. The van der Waals surface area contributed by atoms with Gasteiger partial charge in [-0.25, -0.2) is 0 Å². The summed E-state index contributed by atoms with van der Waals surface area (Å²) in [6.45, 7) is 4.87. The molecule has 2 aromatic carbocycles. The van der Waals surface area contributed by atoms with Crippen LogP contribution in [0.4, 0.5) is 0 Å². The summed E-state index contributed by atoms with van der Waals surface area (Å²) in [4.78, 5) is 27.5. The molecule has 1 atom stereocenters. The maximum atomic E-state index is 13.1. The van der Waals surface area contributed by atoms with Crippen LogP contribution in [0.5, 0.6) is 5.75 Å². The zero-order valence-corrected chi connectivity index (χ0v) is 18.7. The van der Waals surface area contributed by atoms with Crippen LogP contribution in [0.1, 0.15) is 44.2 Å². The molecular formula is C24H31ClN2O3. The van der Waals surface area contributed by atoms with Gasteiger partial charge in [0.2, 0.25) is 11.8 Å². The highest BCUT2D eigenvalue weighted by Crippen LogP contribution is 2.17. The number of ether oxygens (including phenoxy) is 1. The van der Waals surface area contributed by atoms with Gasteiger partial charge in [0.1, 0.15) is 11.8 Å². The predicted molar refractivity (Wildman–Crippen MR) is 121 cm³/mol. The Hall–Kier alpha value is -2.53. The molecule has 0 fully saturated rings. The molecule has 0 aliphatic heterocycles. The van der Waals surface area contributed by atoms with E-state index >= 15 is 0 Å². The van der Waals surface area contributed by atoms with Crippen molar-refractivity contribution in [3.05, 3.63) is 64.7 Å². The molecule has 2 aromatic rings. The zero-order chi connectivity index (χ0) is 21.9. The fourth-order valence-electron chi connectivity index (χ4n) is 3.12. The fraction of sp³-hybridized carbons (Fsp3) is 0.417. The van der Waals surface area contributed by atoms with Gasteiger partial charge in [0, 0.05) is 18.1 Å². The normalized spacial score (nSPS) is 11.6. The first kappa shape index (κ1) is 23.7. The summed E-state index contributed by atoms with van der Waals surface area (Å²) >= 11 is 5.95. The van der Waals surface area contributed by atoms with Crippen molar-refractivity contribution in [3.8, 4) is 5.75 Å². The number of unbranched alkanes of at least 4 members (excludes halogenated alkanes) is 2.